The number of hydrogen-bond donors (Lipinski definition) is 2. The molecule has 0 saturated heterocycles. The number of nitrogens with one attached hydrogen (secondary N) is 2. The van der Waals surface area contributed by atoms with Gasteiger partial charge in [-0.2, -0.15) is 0 Å². The Morgan fingerprint density at radius 1 is 1.08 bits per heavy atom. The number of rotatable bonds is 8. The van der Waals surface area contributed by atoms with Gasteiger partial charge in [-0.1, -0.05) is 0 Å². The summed E-state index contributed by atoms with van der Waals surface area (Å²) in [5, 5.41) is 6.41. The Morgan fingerprint density at radius 2 is 1.65 bits per heavy atom. The minimum absolute atomic E-state index is 0.213. The first-order valence-corrected chi connectivity index (χ1v) is 9.70. The summed E-state index contributed by atoms with van der Waals surface area (Å²) >= 11 is 0. The van der Waals surface area contributed by atoms with Crippen molar-refractivity contribution in [2.45, 2.75) is 32.1 Å². The summed E-state index contributed by atoms with van der Waals surface area (Å²) < 4.78 is 27.9. The van der Waals surface area contributed by atoms with Crippen LogP contribution in [0.5, 0.6) is 17.2 Å². The van der Waals surface area contributed by atoms with Gasteiger partial charge in [-0.3, -0.25) is 9.20 Å². The van der Waals surface area contributed by atoms with Gasteiger partial charge >= 0.3 is 0 Å². The molecule has 1 unspecified atom stereocenters. The van der Waals surface area contributed by atoms with Crippen LogP contribution in [0.3, 0.4) is 0 Å². The van der Waals surface area contributed by atoms with Crippen molar-refractivity contribution in [3.63, 3.8) is 0 Å². The van der Waals surface area contributed by atoms with Gasteiger partial charge in [-0.15, -0.1) is 0 Å². The van der Waals surface area contributed by atoms with E-state index in [0.717, 1.165) is 5.56 Å². The summed E-state index contributed by atoms with van der Waals surface area (Å²) in [4.78, 5) is 4.19. The highest BCUT2D eigenvalue weighted by molar-refractivity contribution is 7.86. The second kappa shape index (κ2) is 10.3. The van der Waals surface area contributed by atoms with Crippen LogP contribution in [0.25, 0.3) is 0 Å². The van der Waals surface area contributed by atoms with Crippen LogP contribution in [-0.2, 0) is 17.3 Å². The molecule has 2 N–H and O–H groups in total. The van der Waals surface area contributed by atoms with Crippen molar-refractivity contribution in [1.82, 2.24) is 10.6 Å². The summed E-state index contributed by atoms with van der Waals surface area (Å²) in [6.07, 6.45) is 0. The van der Waals surface area contributed by atoms with Crippen LogP contribution in [0.2, 0.25) is 0 Å². The molecule has 0 aliphatic carbocycles. The number of aliphatic imine (C=N–C) groups is 1. The molecule has 0 bridgehead atoms. The van der Waals surface area contributed by atoms with Crippen molar-refractivity contribution in [1.29, 1.82) is 0 Å². The van der Waals surface area contributed by atoms with Gasteiger partial charge in [-0.25, -0.2) is 0 Å². The molecule has 1 atom stereocenters. The zero-order valence-electron chi connectivity index (χ0n) is 16.8. The SMILES string of the molecule is CN=C(NCCS(=O)C(C)(C)C)NCc1cc(OC)c(OC)c(OC)c1. The van der Waals surface area contributed by atoms with Gasteiger partial charge in [-0.05, 0) is 38.5 Å². The lowest BCUT2D eigenvalue weighted by Gasteiger charge is -2.19. The molecule has 7 nitrogen and oxygen atoms in total. The minimum atomic E-state index is -0.900. The number of guanidine groups is 1. The molecule has 8 heteroatoms. The fraction of sp³-hybridized carbons (Fsp3) is 0.611. The van der Waals surface area contributed by atoms with E-state index in [9.17, 15) is 4.21 Å². The van der Waals surface area contributed by atoms with Crippen molar-refractivity contribution in [2.75, 3.05) is 40.7 Å². The summed E-state index contributed by atoms with van der Waals surface area (Å²) in [6, 6.07) is 3.77. The van der Waals surface area contributed by atoms with Crippen LogP contribution in [0.4, 0.5) is 0 Å². The smallest absolute Gasteiger partial charge is 0.203 e. The molecule has 148 valence electrons. The highest BCUT2D eigenvalue weighted by Crippen LogP contribution is 2.38. The topological polar surface area (TPSA) is 81.2 Å². The maximum atomic E-state index is 12.1. The summed E-state index contributed by atoms with van der Waals surface area (Å²) in [7, 11) is 5.55. The molecule has 1 aromatic carbocycles. The Morgan fingerprint density at radius 3 is 2.08 bits per heavy atom. The van der Waals surface area contributed by atoms with E-state index in [1.54, 1.807) is 28.4 Å². The average molecular weight is 386 g/mol. The van der Waals surface area contributed by atoms with Gasteiger partial charge in [0, 0.05) is 41.4 Å². The van der Waals surface area contributed by atoms with E-state index >= 15 is 0 Å². The maximum Gasteiger partial charge on any atom is 0.203 e. The minimum Gasteiger partial charge on any atom is -0.493 e. The molecule has 0 aliphatic heterocycles. The lowest BCUT2D eigenvalue weighted by Crippen LogP contribution is -2.40. The van der Waals surface area contributed by atoms with E-state index in [1.165, 1.54) is 0 Å². The van der Waals surface area contributed by atoms with Gasteiger partial charge < -0.3 is 24.8 Å². The summed E-state index contributed by atoms with van der Waals surface area (Å²) in [5.74, 6) is 2.98. The molecule has 0 aromatic heterocycles. The highest BCUT2D eigenvalue weighted by Gasteiger charge is 2.18. The van der Waals surface area contributed by atoms with Crippen molar-refractivity contribution in [2.24, 2.45) is 4.99 Å². The number of hydrogen-bond acceptors (Lipinski definition) is 5. The van der Waals surface area contributed by atoms with Crippen molar-refractivity contribution in [3.05, 3.63) is 17.7 Å². The zero-order chi connectivity index (χ0) is 19.7. The molecule has 1 aromatic rings. The second-order valence-corrected chi connectivity index (χ2v) is 8.87. The number of methoxy groups -OCH3 is 3. The van der Waals surface area contributed by atoms with Crippen molar-refractivity contribution >= 4 is 16.8 Å². The lowest BCUT2D eigenvalue weighted by molar-refractivity contribution is 0.323. The quantitative estimate of drug-likeness (QED) is 0.526. The van der Waals surface area contributed by atoms with Gasteiger partial charge in [0.15, 0.2) is 17.5 Å². The largest absolute Gasteiger partial charge is 0.493 e. The third-order valence-electron chi connectivity index (χ3n) is 3.67. The molecular weight excluding hydrogens is 354 g/mol. The molecule has 0 aliphatic rings. The van der Waals surface area contributed by atoms with Crippen molar-refractivity contribution < 1.29 is 18.4 Å². The van der Waals surface area contributed by atoms with Gasteiger partial charge in [0.05, 0.1) is 21.3 Å². The molecule has 1 rings (SSSR count). The number of benzene rings is 1. The molecule has 0 saturated carbocycles. The van der Waals surface area contributed by atoms with Gasteiger partial charge in [0.25, 0.3) is 0 Å². The van der Waals surface area contributed by atoms with Crippen LogP contribution >= 0.6 is 0 Å². The van der Waals surface area contributed by atoms with Crippen LogP contribution < -0.4 is 24.8 Å². The average Bonchev–Trinajstić information content (AvgIpc) is 2.62. The Hall–Kier alpha value is -1.96. The first-order valence-electron chi connectivity index (χ1n) is 8.38. The van der Waals surface area contributed by atoms with E-state index in [0.29, 0.717) is 42.1 Å². The van der Waals surface area contributed by atoms with E-state index < -0.39 is 10.8 Å². The monoisotopic (exact) mass is 385 g/mol. The van der Waals surface area contributed by atoms with E-state index in [4.69, 9.17) is 14.2 Å². The Kier molecular flexibility index (Phi) is 8.71. The van der Waals surface area contributed by atoms with Crippen LogP contribution in [0, 0.1) is 0 Å². The lowest BCUT2D eigenvalue weighted by atomic mass is 10.2. The summed E-state index contributed by atoms with van der Waals surface area (Å²) in [5.41, 5.74) is 0.959. The standard InChI is InChI=1S/C18H31N3O4S/c1-18(2,3)26(22)9-8-20-17(19-4)21-12-13-10-14(23-5)16(25-7)15(11-13)24-6/h10-11H,8-9,12H2,1-7H3,(H2,19,20,21). The molecule has 26 heavy (non-hydrogen) atoms. The predicted molar refractivity (Wildman–Crippen MR) is 107 cm³/mol. The van der Waals surface area contributed by atoms with E-state index in [2.05, 4.69) is 15.6 Å². The van der Waals surface area contributed by atoms with E-state index in [1.807, 2.05) is 32.9 Å². The first-order chi connectivity index (χ1) is 12.3. The molecular formula is C18H31N3O4S. The normalized spacial score (nSPS) is 13.1. The molecule has 0 heterocycles. The Labute approximate surface area is 159 Å². The van der Waals surface area contributed by atoms with Crippen LogP contribution in [0.15, 0.2) is 17.1 Å². The molecule has 0 fully saturated rings. The van der Waals surface area contributed by atoms with Crippen molar-refractivity contribution in [3.8, 4) is 17.2 Å². The van der Waals surface area contributed by atoms with E-state index in [-0.39, 0.29) is 4.75 Å². The molecule has 0 spiro atoms. The third kappa shape index (κ3) is 6.40. The second-order valence-electron chi connectivity index (χ2n) is 6.55. The fourth-order valence-electron chi connectivity index (χ4n) is 2.21. The van der Waals surface area contributed by atoms with Gasteiger partial charge in [0.1, 0.15) is 0 Å². The number of ether oxygens (including phenoxy) is 3. The summed E-state index contributed by atoms with van der Waals surface area (Å²) in [6.45, 7) is 7.03. The third-order valence-corrected chi connectivity index (χ3v) is 5.61. The maximum absolute atomic E-state index is 12.1. The van der Waals surface area contributed by atoms with Crippen LogP contribution in [0.1, 0.15) is 26.3 Å². The Balaban J connectivity index is 2.67. The Bertz CT molecular complexity index is 617. The molecule has 0 radical (unpaired) electrons. The molecule has 0 amide bonds. The first kappa shape index (κ1) is 22.1. The van der Waals surface area contributed by atoms with Crippen LogP contribution in [-0.4, -0.2) is 55.6 Å². The highest BCUT2D eigenvalue weighted by atomic mass is 32.2. The fourth-order valence-corrected chi connectivity index (χ4v) is 3.11. The van der Waals surface area contributed by atoms with Gasteiger partial charge in [0.2, 0.25) is 5.75 Å². The number of nitrogens with zero attached hydrogens (tertiary/aromatic N) is 1. The zero-order valence-corrected chi connectivity index (χ0v) is 17.6. The predicted octanol–water partition coefficient (Wildman–Crippen LogP) is 1.92.